The summed E-state index contributed by atoms with van der Waals surface area (Å²) in [5.41, 5.74) is 8.12. The number of para-hydroxylation sites is 1. The molecule has 1 aliphatic heterocycles. The average Bonchev–Trinajstić information content (AvgIpc) is 2.84. The van der Waals surface area contributed by atoms with Crippen LogP contribution in [0.2, 0.25) is 0 Å². The molecular weight excluding hydrogens is 240 g/mol. The van der Waals surface area contributed by atoms with E-state index >= 15 is 0 Å². The highest BCUT2D eigenvalue weighted by atomic mass is 16.5. The fraction of sp³-hybridized carbons (Fsp3) is 0.467. The number of fused-ring (bicyclic) bond motifs is 1. The van der Waals surface area contributed by atoms with Gasteiger partial charge in [-0.05, 0) is 13.0 Å². The van der Waals surface area contributed by atoms with Crippen LogP contribution in [0.5, 0.6) is 0 Å². The van der Waals surface area contributed by atoms with Crippen molar-refractivity contribution in [3.8, 4) is 0 Å². The first-order valence-electron chi connectivity index (χ1n) is 6.81. The Morgan fingerprint density at radius 1 is 1.42 bits per heavy atom. The smallest absolute Gasteiger partial charge is 0.134 e. The molecule has 1 aromatic heterocycles. The molecule has 0 spiro atoms. The van der Waals surface area contributed by atoms with E-state index in [2.05, 4.69) is 17.9 Å². The normalized spacial score (nSPS) is 22.7. The van der Waals surface area contributed by atoms with E-state index < -0.39 is 0 Å². The lowest BCUT2D eigenvalue weighted by Gasteiger charge is -2.36. The standard InChI is InChI=1S/C15H20N2O2/c1-11-9-17(6-7-18-11)14(8-16)13-10-19-15-5-3-2-4-12(13)15/h2-5,10-11,14H,6-9,16H2,1H3. The Morgan fingerprint density at radius 3 is 3.05 bits per heavy atom. The summed E-state index contributed by atoms with van der Waals surface area (Å²) in [5.74, 6) is 0. The van der Waals surface area contributed by atoms with Gasteiger partial charge in [-0.1, -0.05) is 18.2 Å². The molecule has 0 saturated carbocycles. The van der Waals surface area contributed by atoms with Gasteiger partial charge < -0.3 is 14.9 Å². The molecule has 1 aliphatic rings. The predicted octanol–water partition coefficient (Wildman–Crippen LogP) is 2.15. The first kappa shape index (κ1) is 12.7. The van der Waals surface area contributed by atoms with E-state index in [0.717, 1.165) is 30.7 Å². The fourth-order valence-corrected chi connectivity index (χ4v) is 2.86. The monoisotopic (exact) mass is 260 g/mol. The number of nitrogens with zero attached hydrogens (tertiary/aromatic N) is 1. The summed E-state index contributed by atoms with van der Waals surface area (Å²) in [5, 5.41) is 1.16. The number of hydrogen-bond acceptors (Lipinski definition) is 4. The second kappa shape index (κ2) is 5.33. The van der Waals surface area contributed by atoms with Crippen molar-refractivity contribution in [3.63, 3.8) is 0 Å². The highest BCUT2D eigenvalue weighted by Gasteiger charge is 2.26. The largest absolute Gasteiger partial charge is 0.464 e. The Balaban J connectivity index is 1.93. The van der Waals surface area contributed by atoms with Crippen LogP contribution >= 0.6 is 0 Å². The molecule has 2 heterocycles. The van der Waals surface area contributed by atoms with Crippen molar-refractivity contribution in [1.82, 2.24) is 4.90 Å². The number of benzene rings is 1. The molecule has 3 rings (SSSR count). The lowest BCUT2D eigenvalue weighted by atomic mass is 10.0. The number of ether oxygens (including phenoxy) is 1. The Morgan fingerprint density at radius 2 is 2.26 bits per heavy atom. The van der Waals surface area contributed by atoms with E-state index in [1.165, 1.54) is 5.56 Å². The van der Waals surface area contributed by atoms with Crippen LogP contribution in [0.3, 0.4) is 0 Å². The molecular formula is C15H20N2O2. The third-order valence-electron chi connectivity index (χ3n) is 3.81. The maximum absolute atomic E-state index is 6.01. The van der Waals surface area contributed by atoms with E-state index in [9.17, 15) is 0 Å². The van der Waals surface area contributed by atoms with Crippen molar-refractivity contribution in [2.75, 3.05) is 26.2 Å². The zero-order chi connectivity index (χ0) is 13.2. The molecule has 102 valence electrons. The predicted molar refractivity (Wildman–Crippen MR) is 75.0 cm³/mol. The lowest BCUT2D eigenvalue weighted by Crippen LogP contribution is -2.45. The van der Waals surface area contributed by atoms with Gasteiger partial charge >= 0.3 is 0 Å². The second-order valence-corrected chi connectivity index (χ2v) is 5.12. The first-order chi connectivity index (χ1) is 9.29. The van der Waals surface area contributed by atoms with Gasteiger partial charge in [-0.2, -0.15) is 0 Å². The zero-order valence-corrected chi connectivity index (χ0v) is 11.2. The molecule has 0 radical (unpaired) electrons. The number of hydrogen-bond donors (Lipinski definition) is 1. The molecule has 4 heteroatoms. The molecule has 2 aromatic rings. The van der Waals surface area contributed by atoms with Crippen LogP contribution in [-0.4, -0.2) is 37.2 Å². The summed E-state index contributed by atoms with van der Waals surface area (Å²) in [6, 6.07) is 8.32. The van der Waals surface area contributed by atoms with Crippen LogP contribution in [0, 0.1) is 0 Å². The van der Waals surface area contributed by atoms with Gasteiger partial charge in [-0.3, -0.25) is 4.90 Å². The molecule has 4 nitrogen and oxygen atoms in total. The topological polar surface area (TPSA) is 51.6 Å². The van der Waals surface area contributed by atoms with E-state index in [-0.39, 0.29) is 12.1 Å². The fourth-order valence-electron chi connectivity index (χ4n) is 2.86. The van der Waals surface area contributed by atoms with Crippen LogP contribution in [0.1, 0.15) is 18.5 Å². The minimum absolute atomic E-state index is 0.204. The average molecular weight is 260 g/mol. The van der Waals surface area contributed by atoms with E-state index in [4.69, 9.17) is 14.9 Å². The van der Waals surface area contributed by atoms with Crippen LogP contribution < -0.4 is 5.73 Å². The van der Waals surface area contributed by atoms with Gasteiger partial charge in [0.25, 0.3) is 0 Å². The maximum atomic E-state index is 6.01. The zero-order valence-electron chi connectivity index (χ0n) is 11.2. The number of rotatable bonds is 3. The summed E-state index contributed by atoms with van der Waals surface area (Å²) in [7, 11) is 0. The number of furan rings is 1. The van der Waals surface area contributed by atoms with Gasteiger partial charge in [0.05, 0.1) is 25.0 Å². The van der Waals surface area contributed by atoms with Crippen LogP contribution in [0.4, 0.5) is 0 Å². The van der Waals surface area contributed by atoms with Gasteiger partial charge in [0.15, 0.2) is 0 Å². The third kappa shape index (κ3) is 2.39. The molecule has 1 saturated heterocycles. The van der Waals surface area contributed by atoms with Crippen molar-refractivity contribution in [1.29, 1.82) is 0 Å². The summed E-state index contributed by atoms with van der Waals surface area (Å²) < 4.78 is 11.2. The lowest BCUT2D eigenvalue weighted by molar-refractivity contribution is -0.0332. The Bertz CT molecular complexity index is 552. The minimum Gasteiger partial charge on any atom is -0.464 e. The van der Waals surface area contributed by atoms with Crippen molar-refractivity contribution < 1.29 is 9.15 Å². The Hall–Kier alpha value is -1.36. The Labute approximate surface area is 113 Å². The Kier molecular flexibility index (Phi) is 3.55. The van der Waals surface area contributed by atoms with Crippen LogP contribution in [0.25, 0.3) is 11.0 Å². The molecule has 0 aliphatic carbocycles. The molecule has 1 aromatic carbocycles. The molecule has 2 N–H and O–H groups in total. The summed E-state index contributed by atoms with van der Waals surface area (Å²) in [6.45, 7) is 5.31. The maximum Gasteiger partial charge on any atom is 0.134 e. The van der Waals surface area contributed by atoms with E-state index in [0.29, 0.717) is 6.54 Å². The molecule has 19 heavy (non-hydrogen) atoms. The summed E-state index contributed by atoms with van der Waals surface area (Å²) in [6.07, 6.45) is 2.11. The third-order valence-corrected chi connectivity index (χ3v) is 3.81. The molecule has 0 amide bonds. The molecule has 1 fully saturated rings. The van der Waals surface area contributed by atoms with Crippen LogP contribution in [-0.2, 0) is 4.74 Å². The molecule has 2 atom stereocenters. The van der Waals surface area contributed by atoms with E-state index in [1.807, 2.05) is 24.5 Å². The first-order valence-corrected chi connectivity index (χ1v) is 6.81. The SMILES string of the molecule is CC1CN(C(CN)c2coc3ccccc23)CCO1. The van der Waals surface area contributed by atoms with Crippen molar-refractivity contribution in [2.24, 2.45) is 5.73 Å². The highest BCUT2D eigenvalue weighted by molar-refractivity contribution is 5.81. The van der Waals surface area contributed by atoms with Gasteiger partial charge in [-0.25, -0.2) is 0 Å². The second-order valence-electron chi connectivity index (χ2n) is 5.12. The quantitative estimate of drug-likeness (QED) is 0.918. The summed E-state index contributed by atoms with van der Waals surface area (Å²) in [4.78, 5) is 2.39. The van der Waals surface area contributed by atoms with Crippen molar-refractivity contribution in [2.45, 2.75) is 19.1 Å². The van der Waals surface area contributed by atoms with Gasteiger partial charge in [0.1, 0.15) is 5.58 Å². The molecule has 2 unspecified atom stereocenters. The van der Waals surface area contributed by atoms with Gasteiger partial charge in [0.2, 0.25) is 0 Å². The highest BCUT2D eigenvalue weighted by Crippen LogP contribution is 2.30. The minimum atomic E-state index is 0.204. The molecule has 0 bridgehead atoms. The number of nitrogens with two attached hydrogens (primary N) is 1. The summed E-state index contributed by atoms with van der Waals surface area (Å²) >= 11 is 0. The van der Waals surface area contributed by atoms with Crippen LogP contribution in [0.15, 0.2) is 34.9 Å². The van der Waals surface area contributed by atoms with Crippen molar-refractivity contribution >= 4 is 11.0 Å². The van der Waals surface area contributed by atoms with Crippen molar-refractivity contribution in [3.05, 3.63) is 36.1 Å². The van der Waals surface area contributed by atoms with E-state index in [1.54, 1.807) is 0 Å². The van der Waals surface area contributed by atoms with Gasteiger partial charge in [-0.15, -0.1) is 0 Å². The number of morpholine rings is 1. The van der Waals surface area contributed by atoms with Gasteiger partial charge in [0, 0.05) is 30.6 Å².